The van der Waals surface area contributed by atoms with Crippen molar-refractivity contribution in [2.45, 2.75) is 0 Å². The quantitative estimate of drug-likeness (QED) is 0.677. The summed E-state index contributed by atoms with van der Waals surface area (Å²) >= 11 is 1.54. The SMILES string of the molecule is Nc1ccc(N)c(-c2cscn2)c1. The Morgan fingerprint density at radius 3 is 2.77 bits per heavy atom. The molecule has 0 aliphatic heterocycles. The number of thiazole rings is 1. The Morgan fingerprint density at radius 2 is 2.08 bits per heavy atom. The summed E-state index contributed by atoms with van der Waals surface area (Å²) < 4.78 is 0. The van der Waals surface area contributed by atoms with Gasteiger partial charge >= 0.3 is 0 Å². The molecule has 0 saturated heterocycles. The summed E-state index contributed by atoms with van der Waals surface area (Å²) in [4.78, 5) is 4.17. The number of anilines is 2. The van der Waals surface area contributed by atoms with Gasteiger partial charge in [0.25, 0.3) is 0 Å². The van der Waals surface area contributed by atoms with E-state index in [0.29, 0.717) is 11.4 Å². The Kier molecular flexibility index (Phi) is 1.90. The van der Waals surface area contributed by atoms with E-state index in [1.807, 2.05) is 11.4 Å². The van der Waals surface area contributed by atoms with Gasteiger partial charge in [0, 0.05) is 22.3 Å². The average Bonchev–Trinajstić information content (AvgIpc) is 2.61. The standard InChI is InChI=1S/C9H9N3S/c10-6-1-2-8(11)7(3-6)9-4-13-5-12-9/h1-5H,10-11H2. The van der Waals surface area contributed by atoms with Gasteiger partial charge in [0.2, 0.25) is 0 Å². The molecule has 66 valence electrons. The van der Waals surface area contributed by atoms with Crippen molar-refractivity contribution in [3.05, 3.63) is 29.1 Å². The van der Waals surface area contributed by atoms with Crippen molar-refractivity contribution >= 4 is 22.7 Å². The van der Waals surface area contributed by atoms with Crippen molar-refractivity contribution in [2.24, 2.45) is 0 Å². The molecule has 2 rings (SSSR count). The highest BCUT2D eigenvalue weighted by molar-refractivity contribution is 7.07. The Labute approximate surface area is 80.0 Å². The van der Waals surface area contributed by atoms with Crippen molar-refractivity contribution < 1.29 is 0 Å². The summed E-state index contributed by atoms with van der Waals surface area (Å²) in [6, 6.07) is 5.42. The van der Waals surface area contributed by atoms with Crippen molar-refractivity contribution in [2.75, 3.05) is 11.5 Å². The molecule has 0 radical (unpaired) electrons. The second-order valence-electron chi connectivity index (χ2n) is 2.72. The van der Waals surface area contributed by atoms with E-state index in [1.54, 1.807) is 29.0 Å². The second kappa shape index (κ2) is 3.06. The van der Waals surface area contributed by atoms with Gasteiger partial charge in [0.05, 0.1) is 11.2 Å². The van der Waals surface area contributed by atoms with Crippen LogP contribution in [0.2, 0.25) is 0 Å². The summed E-state index contributed by atoms with van der Waals surface area (Å²) in [5.74, 6) is 0. The van der Waals surface area contributed by atoms with Crippen molar-refractivity contribution in [3.8, 4) is 11.3 Å². The topological polar surface area (TPSA) is 64.9 Å². The number of benzene rings is 1. The van der Waals surface area contributed by atoms with Gasteiger partial charge in [0.1, 0.15) is 0 Å². The molecule has 0 spiro atoms. The first-order valence-corrected chi connectivity index (χ1v) is 4.75. The van der Waals surface area contributed by atoms with Crippen LogP contribution < -0.4 is 11.5 Å². The third-order valence-electron chi connectivity index (χ3n) is 1.79. The second-order valence-corrected chi connectivity index (χ2v) is 3.44. The molecular formula is C9H9N3S. The number of nitrogens with zero attached hydrogens (tertiary/aromatic N) is 1. The third-order valence-corrected chi connectivity index (χ3v) is 2.37. The molecule has 13 heavy (non-hydrogen) atoms. The minimum atomic E-state index is 0.706. The highest BCUT2D eigenvalue weighted by atomic mass is 32.1. The summed E-state index contributed by atoms with van der Waals surface area (Å²) in [5, 5.41) is 1.95. The van der Waals surface area contributed by atoms with Gasteiger partial charge < -0.3 is 11.5 Å². The molecule has 0 atom stereocenters. The van der Waals surface area contributed by atoms with E-state index in [0.717, 1.165) is 11.3 Å². The molecule has 4 N–H and O–H groups in total. The van der Waals surface area contributed by atoms with E-state index in [2.05, 4.69) is 4.98 Å². The largest absolute Gasteiger partial charge is 0.399 e. The number of rotatable bonds is 1. The van der Waals surface area contributed by atoms with E-state index in [-0.39, 0.29) is 0 Å². The monoisotopic (exact) mass is 191 g/mol. The summed E-state index contributed by atoms with van der Waals surface area (Å²) in [5.41, 5.74) is 16.4. The fourth-order valence-corrected chi connectivity index (χ4v) is 1.69. The number of nitrogen functional groups attached to an aromatic ring is 2. The number of hydrogen-bond donors (Lipinski definition) is 2. The average molecular weight is 191 g/mol. The van der Waals surface area contributed by atoms with E-state index in [1.165, 1.54) is 0 Å². The Bertz CT molecular complexity index is 409. The molecule has 3 nitrogen and oxygen atoms in total. The highest BCUT2D eigenvalue weighted by Crippen LogP contribution is 2.27. The first-order valence-electron chi connectivity index (χ1n) is 3.81. The molecule has 0 amide bonds. The maximum Gasteiger partial charge on any atom is 0.0832 e. The molecule has 0 aliphatic carbocycles. The molecular weight excluding hydrogens is 182 g/mol. The van der Waals surface area contributed by atoms with Gasteiger partial charge in [-0.2, -0.15) is 0 Å². The summed E-state index contributed by atoms with van der Waals surface area (Å²) in [6.07, 6.45) is 0. The van der Waals surface area contributed by atoms with Crippen molar-refractivity contribution in [3.63, 3.8) is 0 Å². The minimum Gasteiger partial charge on any atom is -0.399 e. The molecule has 0 fully saturated rings. The summed E-state index contributed by atoms with van der Waals surface area (Å²) in [6.45, 7) is 0. The number of hydrogen-bond acceptors (Lipinski definition) is 4. The zero-order valence-electron chi connectivity index (χ0n) is 6.90. The molecule has 0 unspecified atom stereocenters. The molecule has 4 heteroatoms. The Hall–Kier alpha value is -1.55. The lowest BCUT2D eigenvalue weighted by Crippen LogP contribution is -1.92. The van der Waals surface area contributed by atoms with Crippen LogP contribution in [0.5, 0.6) is 0 Å². The molecule has 1 aromatic heterocycles. The van der Waals surface area contributed by atoms with Crippen LogP contribution in [0.3, 0.4) is 0 Å². The maximum atomic E-state index is 5.79. The highest BCUT2D eigenvalue weighted by Gasteiger charge is 2.03. The Morgan fingerprint density at radius 1 is 1.23 bits per heavy atom. The number of aromatic nitrogens is 1. The van der Waals surface area contributed by atoms with E-state index in [4.69, 9.17) is 11.5 Å². The van der Waals surface area contributed by atoms with E-state index < -0.39 is 0 Å². The molecule has 1 aromatic carbocycles. The Balaban J connectivity index is 2.57. The molecule has 1 heterocycles. The van der Waals surface area contributed by atoms with Gasteiger partial charge in [-0.3, -0.25) is 0 Å². The van der Waals surface area contributed by atoms with Crippen LogP contribution in [-0.2, 0) is 0 Å². The zero-order valence-corrected chi connectivity index (χ0v) is 7.71. The first-order chi connectivity index (χ1) is 6.27. The van der Waals surface area contributed by atoms with Gasteiger partial charge in [-0.1, -0.05) is 0 Å². The van der Waals surface area contributed by atoms with Crippen LogP contribution in [-0.4, -0.2) is 4.98 Å². The maximum absolute atomic E-state index is 5.79. The lowest BCUT2D eigenvalue weighted by atomic mass is 10.1. The first kappa shape index (κ1) is 8.07. The minimum absolute atomic E-state index is 0.706. The zero-order chi connectivity index (χ0) is 9.26. The van der Waals surface area contributed by atoms with Gasteiger partial charge in [-0.25, -0.2) is 4.98 Å². The molecule has 0 aliphatic rings. The van der Waals surface area contributed by atoms with E-state index in [9.17, 15) is 0 Å². The number of nitrogens with two attached hydrogens (primary N) is 2. The van der Waals surface area contributed by atoms with Crippen LogP contribution in [0, 0.1) is 0 Å². The van der Waals surface area contributed by atoms with Crippen LogP contribution in [0.1, 0.15) is 0 Å². The van der Waals surface area contributed by atoms with Crippen molar-refractivity contribution in [1.29, 1.82) is 0 Å². The van der Waals surface area contributed by atoms with Crippen LogP contribution in [0.4, 0.5) is 11.4 Å². The molecule has 0 bridgehead atoms. The predicted octanol–water partition coefficient (Wildman–Crippen LogP) is 1.97. The lowest BCUT2D eigenvalue weighted by molar-refractivity contribution is 1.41. The predicted molar refractivity (Wildman–Crippen MR) is 56.4 cm³/mol. The normalized spacial score (nSPS) is 10.2. The lowest BCUT2D eigenvalue weighted by Gasteiger charge is -2.02. The third kappa shape index (κ3) is 1.48. The van der Waals surface area contributed by atoms with Gasteiger partial charge in [0.15, 0.2) is 0 Å². The molecule has 0 saturated carbocycles. The van der Waals surface area contributed by atoms with Crippen LogP contribution in [0.25, 0.3) is 11.3 Å². The van der Waals surface area contributed by atoms with Gasteiger partial charge in [-0.15, -0.1) is 11.3 Å². The van der Waals surface area contributed by atoms with E-state index >= 15 is 0 Å². The van der Waals surface area contributed by atoms with Crippen LogP contribution >= 0.6 is 11.3 Å². The smallest absolute Gasteiger partial charge is 0.0832 e. The fourth-order valence-electron chi connectivity index (χ4n) is 1.14. The van der Waals surface area contributed by atoms with Crippen molar-refractivity contribution in [1.82, 2.24) is 4.98 Å². The fraction of sp³-hybridized carbons (Fsp3) is 0. The van der Waals surface area contributed by atoms with Gasteiger partial charge in [-0.05, 0) is 18.2 Å². The van der Waals surface area contributed by atoms with Crippen LogP contribution in [0.15, 0.2) is 29.1 Å². The molecule has 2 aromatic rings. The summed E-state index contributed by atoms with van der Waals surface area (Å²) in [7, 11) is 0.